The zero-order chi connectivity index (χ0) is 8.91. The van der Waals surface area contributed by atoms with Crippen molar-refractivity contribution in [3.8, 4) is 0 Å². The van der Waals surface area contributed by atoms with Crippen LogP contribution >= 0.6 is 12.6 Å². The van der Waals surface area contributed by atoms with Gasteiger partial charge in [0.25, 0.3) is 0 Å². The van der Waals surface area contributed by atoms with Crippen LogP contribution in [-0.2, 0) is 0 Å². The minimum absolute atomic E-state index is 0.0143. The molecular formula is C6H14OS. The third kappa shape index (κ3) is 4.47. The Morgan fingerprint density at radius 3 is 3.00 bits per heavy atom. The minimum Gasteiger partial charge on any atom is -0.396 e. The van der Waals surface area contributed by atoms with Crippen molar-refractivity contribution in [2.45, 2.75) is 31.4 Å². The van der Waals surface area contributed by atoms with Crippen molar-refractivity contribution in [3.63, 3.8) is 0 Å². The molecule has 1 N–H and O–H groups in total. The van der Waals surface area contributed by atoms with Gasteiger partial charge in [0.05, 0.1) is 0 Å². The summed E-state index contributed by atoms with van der Waals surface area (Å²) in [5.74, 6) is 0. The van der Waals surface area contributed by atoms with Crippen molar-refractivity contribution in [1.29, 1.82) is 0 Å². The smallest absolute Gasteiger partial charge is 0.0441 e. The van der Waals surface area contributed by atoms with Crippen molar-refractivity contribution in [1.82, 2.24) is 0 Å². The molecule has 0 aromatic rings. The molecule has 1 unspecified atom stereocenters. The van der Waals surface area contributed by atoms with Crippen molar-refractivity contribution in [2.24, 2.45) is 0 Å². The third-order valence-electron chi connectivity index (χ3n) is 0.940. The monoisotopic (exact) mass is 137 g/mol. The molecule has 0 spiro atoms. The van der Waals surface area contributed by atoms with E-state index in [-0.39, 0.29) is 18.3 Å². The fourth-order valence-electron chi connectivity index (χ4n) is 0.460. The van der Waals surface area contributed by atoms with Gasteiger partial charge in [-0.1, -0.05) is 13.3 Å². The molecule has 1 nitrogen and oxygen atoms in total. The van der Waals surface area contributed by atoms with E-state index in [2.05, 4.69) is 12.6 Å². The number of rotatable bonds is 4. The maximum atomic E-state index is 8.48. The van der Waals surface area contributed by atoms with Crippen LogP contribution in [0.2, 0.25) is 0 Å². The topological polar surface area (TPSA) is 20.2 Å². The number of hydrogen-bond acceptors (Lipinski definition) is 2. The predicted octanol–water partition coefficient (Wildman–Crippen LogP) is 1.47. The summed E-state index contributed by atoms with van der Waals surface area (Å²) in [6.07, 6.45) is 1.29. The van der Waals surface area contributed by atoms with Gasteiger partial charge in [-0.15, -0.1) is 0 Å². The Bertz CT molecular complexity index is 104. The van der Waals surface area contributed by atoms with Crippen LogP contribution in [0.4, 0.5) is 0 Å². The number of hydrogen-bond donors (Lipinski definition) is 2. The van der Waals surface area contributed by atoms with E-state index in [0.29, 0.717) is 12.8 Å². The third-order valence-corrected chi connectivity index (χ3v) is 1.46. The lowest BCUT2D eigenvalue weighted by molar-refractivity contribution is 0.285. The molecule has 0 rings (SSSR count). The molecule has 0 radical (unpaired) electrons. The molecule has 0 aromatic carbocycles. The van der Waals surface area contributed by atoms with Crippen LogP contribution in [0.1, 0.15) is 30.2 Å². The van der Waals surface area contributed by atoms with Crippen LogP contribution in [0.15, 0.2) is 0 Å². The van der Waals surface area contributed by atoms with Crippen molar-refractivity contribution >= 4 is 12.6 Å². The van der Waals surface area contributed by atoms with E-state index < -0.39 is 6.85 Å². The molecule has 0 fully saturated rings. The van der Waals surface area contributed by atoms with E-state index in [1.807, 2.05) is 0 Å². The van der Waals surface area contributed by atoms with E-state index in [4.69, 9.17) is 9.22 Å². The molecule has 0 bridgehead atoms. The normalized spacial score (nSPS) is 21.0. The Balaban J connectivity index is 3.38. The molecule has 50 valence electrons. The zero-order valence-corrected chi connectivity index (χ0v) is 5.69. The summed E-state index contributed by atoms with van der Waals surface area (Å²) in [6.45, 7) is -1.77. The Hall–Kier alpha value is 0.310. The fourth-order valence-corrected chi connectivity index (χ4v) is 0.705. The highest BCUT2D eigenvalue weighted by Crippen LogP contribution is 2.07. The number of aliphatic hydroxyl groups excluding tert-OH is 1. The second-order valence-electron chi connectivity index (χ2n) is 1.70. The van der Waals surface area contributed by atoms with Gasteiger partial charge in [-0.25, -0.2) is 0 Å². The first-order chi connectivity index (χ1) is 4.95. The summed E-state index contributed by atoms with van der Waals surface area (Å²) in [4.78, 5) is 0. The molecule has 0 aromatic heterocycles. The Morgan fingerprint density at radius 1 is 1.75 bits per heavy atom. The second-order valence-corrected chi connectivity index (χ2v) is 2.44. The molecule has 2 heteroatoms. The Labute approximate surface area is 60.7 Å². The maximum Gasteiger partial charge on any atom is 0.0441 e. The first kappa shape index (κ1) is 4.18. The fraction of sp³-hybridized carbons (Fsp3) is 1.00. The molecule has 0 heterocycles. The second kappa shape index (κ2) is 5.45. The summed E-state index contributed by atoms with van der Waals surface area (Å²) in [5, 5.41) is 8.49. The SMILES string of the molecule is [2H]C([2H])([2H])CCC(S)CCO. The molecular weight excluding hydrogens is 120 g/mol. The lowest BCUT2D eigenvalue weighted by Crippen LogP contribution is -1.99. The molecule has 0 amide bonds. The van der Waals surface area contributed by atoms with Crippen LogP contribution in [0.5, 0.6) is 0 Å². The summed E-state index contributed by atoms with van der Waals surface area (Å²) in [6, 6.07) is 0. The van der Waals surface area contributed by atoms with Gasteiger partial charge in [0, 0.05) is 16.0 Å². The van der Waals surface area contributed by atoms with Crippen LogP contribution in [0, 0.1) is 0 Å². The Morgan fingerprint density at radius 2 is 2.50 bits per heavy atom. The number of thiol groups is 1. The standard InChI is InChI=1S/C6H14OS/c1-2-3-6(8)4-5-7/h6-8H,2-5H2,1H3/i1D3. The molecule has 1 atom stereocenters. The van der Waals surface area contributed by atoms with Gasteiger partial charge in [-0.3, -0.25) is 0 Å². The molecule has 0 aliphatic carbocycles. The van der Waals surface area contributed by atoms with Crippen molar-refractivity contribution < 1.29 is 9.22 Å². The van der Waals surface area contributed by atoms with E-state index in [9.17, 15) is 0 Å². The van der Waals surface area contributed by atoms with Gasteiger partial charge < -0.3 is 5.11 Å². The lowest BCUT2D eigenvalue weighted by Gasteiger charge is -2.04. The van der Waals surface area contributed by atoms with Crippen LogP contribution in [-0.4, -0.2) is 17.0 Å². The van der Waals surface area contributed by atoms with Gasteiger partial charge in [0.1, 0.15) is 0 Å². The maximum absolute atomic E-state index is 8.48. The lowest BCUT2D eigenvalue weighted by atomic mass is 10.2. The first-order valence-corrected chi connectivity index (χ1v) is 3.26. The zero-order valence-electron chi connectivity index (χ0n) is 7.80. The summed E-state index contributed by atoms with van der Waals surface area (Å²) < 4.78 is 20.7. The molecule has 0 aliphatic heterocycles. The van der Waals surface area contributed by atoms with Crippen LogP contribution in [0.3, 0.4) is 0 Å². The molecule has 0 aliphatic rings. The average Bonchev–Trinajstić information content (AvgIpc) is 1.83. The quantitative estimate of drug-likeness (QED) is 0.562. The van der Waals surface area contributed by atoms with E-state index >= 15 is 0 Å². The van der Waals surface area contributed by atoms with Gasteiger partial charge in [0.2, 0.25) is 0 Å². The first-order valence-electron chi connectivity index (χ1n) is 4.24. The summed E-state index contributed by atoms with van der Waals surface area (Å²) >= 11 is 4.11. The van der Waals surface area contributed by atoms with Gasteiger partial charge in [0.15, 0.2) is 0 Å². The van der Waals surface area contributed by atoms with E-state index in [0.717, 1.165) is 0 Å². The summed E-state index contributed by atoms with van der Waals surface area (Å²) in [7, 11) is 0. The highest BCUT2D eigenvalue weighted by Gasteiger charge is 1.97. The largest absolute Gasteiger partial charge is 0.396 e. The Kier molecular flexibility index (Phi) is 2.84. The van der Waals surface area contributed by atoms with Crippen molar-refractivity contribution in [2.75, 3.05) is 6.61 Å². The molecule has 0 saturated carbocycles. The minimum atomic E-state index is -1.85. The highest BCUT2D eigenvalue weighted by molar-refractivity contribution is 7.80. The van der Waals surface area contributed by atoms with Gasteiger partial charge in [-0.05, 0) is 12.8 Å². The summed E-state index contributed by atoms with van der Waals surface area (Å²) in [5.41, 5.74) is 0. The number of aliphatic hydroxyl groups is 1. The molecule has 0 saturated heterocycles. The van der Waals surface area contributed by atoms with E-state index in [1.165, 1.54) is 0 Å². The predicted molar refractivity (Wildman–Crippen MR) is 39.4 cm³/mol. The molecule has 8 heavy (non-hydrogen) atoms. The van der Waals surface area contributed by atoms with Crippen LogP contribution < -0.4 is 0 Å². The van der Waals surface area contributed by atoms with Gasteiger partial charge in [-0.2, -0.15) is 12.6 Å². The van der Waals surface area contributed by atoms with Gasteiger partial charge >= 0.3 is 0 Å². The van der Waals surface area contributed by atoms with Crippen LogP contribution in [0.25, 0.3) is 0 Å². The van der Waals surface area contributed by atoms with E-state index in [1.54, 1.807) is 0 Å². The van der Waals surface area contributed by atoms with Crippen molar-refractivity contribution in [3.05, 3.63) is 0 Å². The average molecular weight is 137 g/mol. The highest BCUT2D eigenvalue weighted by atomic mass is 32.1.